The summed E-state index contributed by atoms with van der Waals surface area (Å²) in [5.74, 6) is -0.359. The van der Waals surface area contributed by atoms with Gasteiger partial charge in [0.2, 0.25) is 0 Å². The third kappa shape index (κ3) is 5.07. The van der Waals surface area contributed by atoms with Gasteiger partial charge in [-0.1, -0.05) is 12.1 Å². The summed E-state index contributed by atoms with van der Waals surface area (Å²) >= 11 is 5.97. The van der Waals surface area contributed by atoms with Crippen molar-refractivity contribution in [2.24, 2.45) is 0 Å². The normalized spacial score (nSPS) is 18.9. The first-order chi connectivity index (χ1) is 20.0. The van der Waals surface area contributed by atoms with Crippen molar-refractivity contribution in [2.75, 3.05) is 43.2 Å². The number of hydrogen-bond donors (Lipinski definition) is 1. The van der Waals surface area contributed by atoms with E-state index in [9.17, 15) is 4.79 Å². The number of ether oxygens (including phenoxy) is 2. The Bertz CT molecular complexity index is 1560. The number of hydrogen-bond acceptors (Lipinski definition) is 6. The van der Waals surface area contributed by atoms with Crippen LogP contribution in [0.3, 0.4) is 0 Å². The molecule has 1 N–H and O–H groups in total. The molecule has 0 unspecified atom stereocenters. The average Bonchev–Trinajstić information content (AvgIpc) is 3.52. The third-order valence-corrected chi connectivity index (χ3v) is 8.23. The number of nitrogens with one attached hydrogen (secondary N) is 1. The summed E-state index contributed by atoms with van der Waals surface area (Å²) in [5, 5.41) is 4.23. The van der Waals surface area contributed by atoms with Crippen molar-refractivity contribution in [2.45, 2.75) is 25.9 Å². The smallest absolute Gasteiger partial charge is 0.337 e. The molecular weight excluding hydrogens is 534 g/mol. The molecule has 210 valence electrons. The molecule has 41 heavy (non-hydrogen) atoms. The molecular formula is C32H33N5O3S. The van der Waals surface area contributed by atoms with Gasteiger partial charge in [0.15, 0.2) is 5.11 Å². The van der Waals surface area contributed by atoms with Crippen molar-refractivity contribution >= 4 is 34.7 Å². The molecule has 0 aliphatic carbocycles. The Morgan fingerprint density at radius 3 is 2.44 bits per heavy atom. The number of rotatable bonds is 6. The Morgan fingerprint density at radius 1 is 0.976 bits per heavy atom. The number of thiocarbonyl (C=S) groups is 1. The minimum atomic E-state index is -0.359. The summed E-state index contributed by atoms with van der Waals surface area (Å²) in [6.45, 7) is 7.46. The van der Waals surface area contributed by atoms with E-state index in [1.165, 1.54) is 12.8 Å². The number of nitrogens with zero attached hydrogens (tertiary/aromatic N) is 4. The van der Waals surface area contributed by atoms with Crippen LogP contribution in [0.25, 0.3) is 5.69 Å². The first kappa shape index (κ1) is 27.0. The fourth-order valence-corrected chi connectivity index (χ4v) is 6.31. The van der Waals surface area contributed by atoms with Crippen LogP contribution in [-0.2, 0) is 9.47 Å². The molecule has 4 aromatic rings. The topological polar surface area (TPSA) is 71.9 Å². The Morgan fingerprint density at radius 2 is 1.73 bits per heavy atom. The van der Waals surface area contributed by atoms with Crippen LogP contribution in [0.5, 0.6) is 0 Å². The first-order valence-electron chi connectivity index (χ1n) is 13.8. The van der Waals surface area contributed by atoms with Gasteiger partial charge in [-0.3, -0.25) is 4.98 Å². The summed E-state index contributed by atoms with van der Waals surface area (Å²) in [4.78, 5) is 21.5. The van der Waals surface area contributed by atoms with E-state index in [1.54, 1.807) is 6.07 Å². The molecule has 0 saturated carbocycles. The highest BCUT2D eigenvalue weighted by Crippen LogP contribution is 2.44. The maximum Gasteiger partial charge on any atom is 0.337 e. The largest absolute Gasteiger partial charge is 0.465 e. The molecule has 8 nitrogen and oxygen atoms in total. The second-order valence-corrected chi connectivity index (χ2v) is 10.7. The van der Waals surface area contributed by atoms with E-state index < -0.39 is 0 Å². The van der Waals surface area contributed by atoms with Crippen molar-refractivity contribution in [3.8, 4) is 5.69 Å². The Balaban J connectivity index is 1.43. The Kier molecular flexibility index (Phi) is 7.47. The van der Waals surface area contributed by atoms with E-state index in [4.69, 9.17) is 26.7 Å². The van der Waals surface area contributed by atoms with Crippen LogP contribution >= 0.6 is 12.2 Å². The van der Waals surface area contributed by atoms with Crippen molar-refractivity contribution in [1.29, 1.82) is 0 Å². The fourth-order valence-electron chi connectivity index (χ4n) is 5.97. The zero-order valence-corrected chi connectivity index (χ0v) is 24.2. The number of benzene rings is 2. The maximum absolute atomic E-state index is 12.3. The van der Waals surface area contributed by atoms with Crippen molar-refractivity contribution in [3.63, 3.8) is 0 Å². The lowest BCUT2D eigenvalue weighted by molar-refractivity contribution is 0.0600. The number of pyridine rings is 1. The highest BCUT2D eigenvalue weighted by Gasteiger charge is 2.42. The predicted octanol–water partition coefficient (Wildman–Crippen LogP) is 5.29. The van der Waals surface area contributed by atoms with Gasteiger partial charge < -0.3 is 29.2 Å². The molecule has 0 spiro atoms. The van der Waals surface area contributed by atoms with E-state index in [0.717, 1.165) is 60.3 Å². The molecule has 2 saturated heterocycles. The van der Waals surface area contributed by atoms with Gasteiger partial charge >= 0.3 is 5.97 Å². The molecule has 9 heteroatoms. The molecule has 2 atom stereocenters. The van der Waals surface area contributed by atoms with Gasteiger partial charge in [-0.2, -0.15) is 0 Å². The number of esters is 1. The fraction of sp³-hybridized carbons (Fsp3) is 0.281. The Hall–Kier alpha value is -4.21. The van der Waals surface area contributed by atoms with Crippen molar-refractivity contribution in [3.05, 3.63) is 107 Å². The molecule has 2 aromatic carbocycles. The molecule has 2 fully saturated rings. The SMILES string of the molecule is COC(=O)c1cccc(-n2c(C)cc([C@@H]3[C@@H](c4ccccn4)NC(=S)N3c3ccc(N4CCOCC4)cc3)c2C)c1. The summed E-state index contributed by atoms with van der Waals surface area (Å²) in [6.07, 6.45) is 1.82. The van der Waals surface area contributed by atoms with Crippen LogP contribution in [-0.4, -0.2) is 54.0 Å². The number of anilines is 2. The molecule has 0 amide bonds. The lowest BCUT2D eigenvalue weighted by Gasteiger charge is -2.31. The molecule has 4 heterocycles. The lowest BCUT2D eigenvalue weighted by atomic mass is 9.96. The monoisotopic (exact) mass is 567 g/mol. The van der Waals surface area contributed by atoms with Crippen LogP contribution < -0.4 is 15.1 Å². The Labute approximate surface area is 245 Å². The van der Waals surface area contributed by atoms with Crippen LogP contribution in [0.2, 0.25) is 0 Å². The molecule has 6 rings (SSSR count). The first-order valence-corrected chi connectivity index (χ1v) is 14.2. The third-order valence-electron chi connectivity index (χ3n) is 7.92. The van der Waals surface area contributed by atoms with Crippen molar-refractivity contribution in [1.82, 2.24) is 14.9 Å². The van der Waals surface area contributed by atoms with E-state index in [-0.39, 0.29) is 18.1 Å². The van der Waals surface area contributed by atoms with E-state index in [2.05, 4.69) is 63.9 Å². The number of methoxy groups -OCH3 is 1. The zero-order chi connectivity index (χ0) is 28.5. The molecule has 2 aliphatic rings. The zero-order valence-electron chi connectivity index (χ0n) is 23.4. The molecule has 0 radical (unpaired) electrons. The summed E-state index contributed by atoms with van der Waals surface area (Å²) in [7, 11) is 1.40. The van der Waals surface area contributed by atoms with Gasteiger partial charge in [0.1, 0.15) is 0 Å². The van der Waals surface area contributed by atoms with Crippen LogP contribution in [0.1, 0.15) is 45.1 Å². The van der Waals surface area contributed by atoms with Crippen molar-refractivity contribution < 1.29 is 14.3 Å². The standard InChI is InChI=1S/C32H33N5O3S/c1-21-19-27(22(2)36(21)26-8-6-7-23(20-26)31(38)39-3)30-29(28-9-4-5-14-33-28)34-32(41)37(30)25-12-10-24(11-13-25)35-15-17-40-18-16-35/h4-14,19-20,29-30H,15-18H2,1-3H3,(H,34,41)/t29-,30-/m1/s1. The molecule has 0 bridgehead atoms. The predicted molar refractivity (Wildman–Crippen MR) is 164 cm³/mol. The van der Waals surface area contributed by atoms with Crippen LogP contribution in [0.4, 0.5) is 11.4 Å². The lowest BCUT2D eigenvalue weighted by Crippen LogP contribution is -2.36. The number of aryl methyl sites for hydroxylation is 1. The minimum absolute atomic E-state index is 0.143. The maximum atomic E-state index is 12.3. The minimum Gasteiger partial charge on any atom is -0.465 e. The number of aromatic nitrogens is 2. The van der Waals surface area contributed by atoms with Gasteiger partial charge in [-0.25, -0.2) is 4.79 Å². The number of carbonyl (C=O) groups excluding carboxylic acids is 1. The number of carbonyl (C=O) groups is 1. The quantitative estimate of drug-likeness (QED) is 0.249. The van der Waals surface area contributed by atoms with Gasteiger partial charge in [0, 0.05) is 47.7 Å². The highest BCUT2D eigenvalue weighted by atomic mass is 32.1. The summed E-state index contributed by atoms with van der Waals surface area (Å²) in [6, 6.07) is 24.0. The second kappa shape index (κ2) is 11.3. The van der Waals surface area contributed by atoms with Gasteiger partial charge in [0.05, 0.1) is 43.7 Å². The highest BCUT2D eigenvalue weighted by molar-refractivity contribution is 7.80. The number of morpholine rings is 1. The summed E-state index contributed by atoms with van der Waals surface area (Å²) in [5.41, 5.74) is 7.78. The van der Waals surface area contributed by atoms with Crippen LogP contribution in [0.15, 0.2) is 79.0 Å². The molecule has 2 aliphatic heterocycles. The van der Waals surface area contributed by atoms with Gasteiger partial charge in [-0.05, 0) is 92.3 Å². The average molecular weight is 568 g/mol. The van der Waals surface area contributed by atoms with E-state index >= 15 is 0 Å². The summed E-state index contributed by atoms with van der Waals surface area (Å²) < 4.78 is 12.7. The van der Waals surface area contributed by atoms with E-state index in [1.807, 2.05) is 42.6 Å². The van der Waals surface area contributed by atoms with Gasteiger partial charge in [-0.15, -0.1) is 0 Å². The van der Waals surface area contributed by atoms with E-state index in [0.29, 0.717) is 10.7 Å². The van der Waals surface area contributed by atoms with Gasteiger partial charge in [0.25, 0.3) is 0 Å². The second-order valence-electron chi connectivity index (χ2n) is 10.3. The van der Waals surface area contributed by atoms with Crippen LogP contribution in [0, 0.1) is 13.8 Å². The molecule has 2 aromatic heterocycles.